The third kappa shape index (κ3) is 3.82. The Kier molecular flexibility index (Phi) is 4.73. The summed E-state index contributed by atoms with van der Waals surface area (Å²) in [5, 5.41) is 2.61. The molecule has 0 aliphatic rings. The minimum atomic E-state index is -0.901. The maximum absolute atomic E-state index is 12.2. The van der Waals surface area contributed by atoms with E-state index in [1.54, 1.807) is 42.6 Å². The Morgan fingerprint density at radius 3 is 2.36 bits per heavy atom. The molecule has 0 fully saturated rings. The number of carbonyl (C=O) groups is 3. The molecule has 2 rings (SSSR count). The highest BCUT2D eigenvalue weighted by Crippen LogP contribution is 2.13. The maximum Gasteiger partial charge on any atom is 0.355 e. The number of ether oxygens (including phenoxy) is 1. The number of hydrogen-bond acceptors (Lipinski definition) is 4. The summed E-state index contributed by atoms with van der Waals surface area (Å²) in [5.41, 5.74) is 1.29. The summed E-state index contributed by atoms with van der Waals surface area (Å²) in [4.78, 5) is 37.6. The van der Waals surface area contributed by atoms with Crippen LogP contribution in [0, 0.1) is 0 Å². The largest absolute Gasteiger partial charge is 0.450 e. The third-order valence-corrected chi connectivity index (χ3v) is 2.96. The highest BCUT2D eigenvalue weighted by molar-refractivity contribution is 6.01. The average molecular weight is 300 g/mol. The standard InChI is InChI=1S/C16H16N2O4/c1-10(22-16(21)14-4-3-9-17-14)15(20)12-5-7-13(8-6-12)18-11(2)19/h3-10,17H,1-2H3,(H,18,19)/t10-/m0/s1. The lowest BCUT2D eigenvalue weighted by molar-refractivity contribution is -0.114. The van der Waals surface area contributed by atoms with Crippen molar-refractivity contribution in [2.45, 2.75) is 20.0 Å². The molecule has 0 aliphatic heterocycles. The quantitative estimate of drug-likeness (QED) is 0.655. The molecule has 0 bridgehead atoms. The summed E-state index contributed by atoms with van der Waals surface area (Å²) in [7, 11) is 0. The lowest BCUT2D eigenvalue weighted by atomic mass is 10.1. The van der Waals surface area contributed by atoms with Gasteiger partial charge in [0.1, 0.15) is 5.69 Å². The summed E-state index contributed by atoms with van der Waals surface area (Å²) in [6, 6.07) is 9.63. The van der Waals surface area contributed by atoms with Gasteiger partial charge in [0.2, 0.25) is 11.7 Å². The predicted molar refractivity (Wildman–Crippen MR) is 80.7 cm³/mol. The monoisotopic (exact) mass is 300 g/mol. The van der Waals surface area contributed by atoms with E-state index in [2.05, 4.69) is 10.3 Å². The molecule has 1 aromatic carbocycles. The Bertz CT molecular complexity index is 675. The molecule has 2 N–H and O–H groups in total. The van der Waals surface area contributed by atoms with Crippen LogP contribution in [0.25, 0.3) is 0 Å². The molecule has 22 heavy (non-hydrogen) atoms. The Balaban J connectivity index is 2.01. The van der Waals surface area contributed by atoms with Crippen molar-refractivity contribution in [3.05, 3.63) is 53.9 Å². The van der Waals surface area contributed by atoms with Crippen LogP contribution in [0.1, 0.15) is 34.7 Å². The van der Waals surface area contributed by atoms with Crippen molar-refractivity contribution in [3.8, 4) is 0 Å². The van der Waals surface area contributed by atoms with Crippen LogP contribution in [-0.4, -0.2) is 28.7 Å². The fraction of sp³-hybridized carbons (Fsp3) is 0.188. The van der Waals surface area contributed by atoms with E-state index >= 15 is 0 Å². The van der Waals surface area contributed by atoms with Gasteiger partial charge in [-0.25, -0.2) is 4.79 Å². The third-order valence-electron chi connectivity index (χ3n) is 2.96. The average Bonchev–Trinajstić information content (AvgIpc) is 3.01. The van der Waals surface area contributed by atoms with E-state index in [-0.39, 0.29) is 11.7 Å². The first-order valence-corrected chi connectivity index (χ1v) is 6.73. The SMILES string of the molecule is CC(=O)Nc1ccc(C(=O)[C@H](C)OC(=O)c2ccc[nH]2)cc1. The molecule has 1 aromatic heterocycles. The van der Waals surface area contributed by atoms with Crippen molar-refractivity contribution in [3.63, 3.8) is 0 Å². The molecular formula is C16H16N2O4. The number of hydrogen-bond donors (Lipinski definition) is 2. The van der Waals surface area contributed by atoms with Gasteiger partial charge in [0.05, 0.1) is 0 Å². The fourth-order valence-electron chi connectivity index (χ4n) is 1.89. The number of esters is 1. The van der Waals surface area contributed by atoms with E-state index < -0.39 is 12.1 Å². The molecule has 0 saturated carbocycles. The van der Waals surface area contributed by atoms with Crippen molar-refractivity contribution in [1.82, 2.24) is 4.98 Å². The number of aromatic nitrogens is 1. The minimum Gasteiger partial charge on any atom is -0.450 e. The highest BCUT2D eigenvalue weighted by atomic mass is 16.5. The number of Topliss-reactive ketones (excluding diaryl/α,β-unsaturated/α-hetero) is 1. The number of rotatable bonds is 5. The summed E-state index contributed by atoms with van der Waals surface area (Å²) in [6.07, 6.45) is 0.700. The topological polar surface area (TPSA) is 88.3 Å². The van der Waals surface area contributed by atoms with Gasteiger partial charge in [0.15, 0.2) is 6.10 Å². The Hall–Kier alpha value is -2.89. The molecule has 0 saturated heterocycles. The second-order valence-electron chi connectivity index (χ2n) is 4.75. The van der Waals surface area contributed by atoms with Crippen molar-refractivity contribution >= 4 is 23.3 Å². The zero-order valence-electron chi connectivity index (χ0n) is 12.3. The molecule has 2 aromatic rings. The number of carbonyl (C=O) groups excluding carboxylic acids is 3. The number of anilines is 1. The molecular weight excluding hydrogens is 284 g/mol. The zero-order valence-corrected chi connectivity index (χ0v) is 12.3. The van der Waals surface area contributed by atoms with E-state index in [1.165, 1.54) is 13.8 Å². The van der Waals surface area contributed by atoms with Gasteiger partial charge in [-0.15, -0.1) is 0 Å². The molecule has 0 aliphatic carbocycles. The van der Waals surface area contributed by atoms with Crippen LogP contribution in [-0.2, 0) is 9.53 Å². The van der Waals surface area contributed by atoms with Crippen LogP contribution >= 0.6 is 0 Å². The van der Waals surface area contributed by atoms with Gasteiger partial charge >= 0.3 is 5.97 Å². The second kappa shape index (κ2) is 6.71. The molecule has 114 valence electrons. The number of amides is 1. The molecule has 1 atom stereocenters. The van der Waals surface area contributed by atoms with Crippen molar-refractivity contribution in [2.24, 2.45) is 0 Å². The van der Waals surface area contributed by atoms with Crippen LogP contribution < -0.4 is 5.32 Å². The first-order chi connectivity index (χ1) is 10.5. The van der Waals surface area contributed by atoms with Gasteiger partial charge in [-0.2, -0.15) is 0 Å². The number of nitrogens with one attached hydrogen (secondary N) is 2. The number of aromatic amines is 1. The predicted octanol–water partition coefficient (Wildman–Crippen LogP) is 2.40. The van der Waals surface area contributed by atoms with E-state index in [0.717, 1.165) is 0 Å². The van der Waals surface area contributed by atoms with E-state index in [0.29, 0.717) is 16.9 Å². The normalized spacial score (nSPS) is 11.5. The summed E-state index contributed by atoms with van der Waals surface area (Å²) < 4.78 is 5.12. The van der Waals surface area contributed by atoms with E-state index in [4.69, 9.17) is 4.74 Å². The van der Waals surface area contributed by atoms with Gasteiger partial charge < -0.3 is 15.0 Å². The molecule has 0 radical (unpaired) electrons. The smallest absolute Gasteiger partial charge is 0.355 e. The van der Waals surface area contributed by atoms with Gasteiger partial charge in [-0.05, 0) is 43.3 Å². The van der Waals surface area contributed by atoms with Gasteiger partial charge in [0.25, 0.3) is 0 Å². The molecule has 6 heteroatoms. The van der Waals surface area contributed by atoms with Crippen LogP contribution in [0.4, 0.5) is 5.69 Å². The van der Waals surface area contributed by atoms with Gasteiger partial charge in [-0.1, -0.05) is 0 Å². The fourth-order valence-corrected chi connectivity index (χ4v) is 1.89. The van der Waals surface area contributed by atoms with Crippen molar-refractivity contribution in [1.29, 1.82) is 0 Å². The lowest BCUT2D eigenvalue weighted by Gasteiger charge is -2.12. The molecule has 0 spiro atoms. The second-order valence-corrected chi connectivity index (χ2v) is 4.75. The van der Waals surface area contributed by atoms with Gasteiger partial charge in [-0.3, -0.25) is 9.59 Å². The van der Waals surface area contributed by atoms with Crippen LogP contribution in [0.5, 0.6) is 0 Å². The summed E-state index contributed by atoms with van der Waals surface area (Å²) >= 11 is 0. The number of H-pyrrole nitrogens is 1. The molecule has 1 heterocycles. The van der Waals surface area contributed by atoms with Crippen LogP contribution in [0.15, 0.2) is 42.6 Å². The Morgan fingerprint density at radius 1 is 1.14 bits per heavy atom. The number of benzene rings is 1. The Labute approximate surface area is 127 Å². The summed E-state index contributed by atoms with van der Waals surface area (Å²) in [5.74, 6) is -1.08. The first-order valence-electron chi connectivity index (χ1n) is 6.73. The minimum absolute atomic E-state index is 0.188. The van der Waals surface area contributed by atoms with Crippen molar-refractivity contribution in [2.75, 3.05) is 5.32 Å². The molecule has 0 unspecified atom stereocenters. The highest BCUT2D eigenvalue weighted by Gasteiger charge is 2.20. The first kappa shape index (κ1) is 15.5. The Morgan fingerprint density at radius 2 is 1.82 bits per heavy atom. The van der Waals surface area contributed by atoms with Crippen LogP contribution in [0.2, 0.25) is 0 Å². The number of ketones is 1. The molecule has 1 amide bonds. The molecule has 6 nitrogen and oxygen atoms in total. The lowest BCUT2D eigenvalue weighted by Crippen LogP contribution is -2.24. The van der Waals surface area contributed by atoms with Crippen molar-refractivity contribution < 1.29 is 19.1 Å². The maximum atomic E-state index is 12.2. The van der Waals surface area contributed by atoms with Crippen LogP contribution in [0.3, 0.4) is 0 Å². The van der Waals surface area contributed by atoms with E-state index in [9.17, 15) is 14.4 Å². The zero-order chi connectivity index (χ0) is 16.1. The van der Waals surface area contributed by atoms with Gasteiger partial charge in [0, 0.05) is 24.4 Å². The van der Waals surface area contributed by atoms with E-state index in [1.807, 2.05) is 0 Å². The summed E-state index contributed by atoms with van der Waals surface area (Å²) in [6.45, 7) is 2.92.